The van der Waals surface area contributed by atoms with Crippen LogP contribution in [0.5, 0.6) is 11.5 Å². The molecule has 3 aromatic rings. The van der Waals surface area contributed by atoms with Crippen LogP contribution in [0.2, 0.25) is 0 Å². The number of nitrogens with one attached hydrogen (secondary N) is 1. The van der Waals surface area contributed by atoms with Crippen LogP contribution in [0.3, 0.4) is 0 Å². The Hall–Kier alpha value is -3.48. The first-order chi connectivity index (χ1) is 14.5. The fourth-order valence-electron chi connectivity index (χ4n) is 3.18. The third kappa shape index (κ3) is 5.11. The van der Waals surface area contributed by atoms with E-state index in [0.29, 0.717) is 23.7 Å². The Balaban J connectivity index is 1.47. The van der Waals surface area contributed by atoms with Gasteiger partial charge in [-0.05, 0) is 37.1 Å². The molecule has 0 saturated heterocycles. The van der Waals surface area contributed by atoms with Gasteiger partial charge in [-0.3, -0.25) is 9.59 Å². The Kier molecular flexibility index (Phi) is 6.95. The summed E-state index contributed by atoms with van der Waals surface area (Å²) in [6.45, 7) is 1.46. The van der Waals surface area contributed by atoms with Gasteiger partial charge in [-0.15, -0.1) is 0 Å². The van der Waals surface area contributed by atoms with Crippen LogP contribution in [0, 0.1) is 0 Å². The lowest BCUT2D eigenvalue weighted by Gasteiger charge is -2.13. The van der Waals surface area contributed by atoms with Crippen molar-refractivity contribution in [3.05, 3.63) is 59.9 Å². The van der Waals surface area contributed by atoms with Crippen molar-refractivity contribution in [2.45, 2.75) is 25.8 Å². The summed E-state index contributed by atoms with van der Waals surface area (Å²) in [5.74, 6) is 0.968. The Bertz CT molecular complexity index is 992. The summed E-state index contributed by atoms with van der Waals surface area (Å²) in [6.07, 6.45) is 0.534. The highest BCUT2D eigenvalue weighted by molar-refractivity contribution is 5.81. The number of ether oxygens (including phenoxy) is 3. The molecule has 3 rings (SSSR count). The molecule has 0 bridgehead atoms. The van der Waals surface area contributed by atoms with Crippen molar-refractivity contribution in [2.75, 3.05) is 20.8 Å². The van der Waals surface area contributed by atoms with E-state index in [1.54, 1.807) is 20.3 Å². The van der Waals surface area contributed by atoms with E-state index in [9.17, 15) is 9.59 Å². The van der Waals surface area contributed by atoms with Crippen LogP contribution in [0.15, 0.2) is 52.9 Å². The number of rotatable bonds is 9. The fourth-order valence-corrected chi connectivity index (χ4v) is 3.18. The quantitative estimate of drug-likeness (QED) is 0.539. The van der Waals surface area contributed by atoms with Gasteiger partial charge in [0.2, 0.25) is 0 Å². The number of hydrogen-bond acceptors (Lipinski definition) is 6. The van der Waals surface area contributed by atoms with Gasteiger partial charge in [0, 0.05) is 11.8 Å². The Morgan fingerprint density at radius 2 is 1.87 bits per heavy atom. The van der Waals surface area contributed by atoms with Gasteiger partial charge in [0.1, 0.15) is 11.3 Å². The lowest BCUT2D eigenvalue weighted by Crippen LogP contribution is -2.31. The van der Waals surface area contributed by atoms with Gasteiger partial charge < -0.3 is 23.9 Å². The van der Waals surface area contributed by atoms with Crippen molar-refractivity contribution < 1.29 is 28.2 Å². The molecule has 1 N–H and O–H groups in total. The monoisotopic (exact) mass is 411 g/mol. The van der Waals surface area contributed by atoms with Crippen LogP contribution in [-0.2, 0) is 20.7 Å². The number of amides is 1. The summed E-state index contributed by atoms with van der Waals surface area (Å²) >= 11 is 0. The average Bonchev–Trinajstić information content (AvgIpc) is 3.20. The van der Waals surface area contributed by atoms with E-state index in [2.05, 4.69) is 5.32 Å². The fraction of sp³-hybridized carbons (Fsp3) is 0.304. The van der Waals surface area contributed by atoms with E-state index in [-0.39, 0.29) is 19.1 Å². The molecule has 0 aliphatic heterocycles. The molecular formula is C23H25NO6. The van der Waals surface area contributed by atoms with Crippen LogP contribution < -0.4 is 14.8 Å². The molecule has 158 valence electrons. The number of fused-ring (bicyclic) bond motifs is 1. The number of furan rings is 1. The summed E-state index contributed by atoms with van der Waals surface area (Å²) < 4.78 is 21.4. The lowest BCUT2D eigenvalue weighted by atomic mass is 10.1. The normalized spacial score (nSPS) is 11.7. The van der Waals surface area contributed by atoms with E-state index in [0.717, 1.165) is 16.5 Å². The van der Waals surface area contributed by atoms with Gasteiger partial charge in [-0.1, -0.05) is 30.3 Å². The molecule has 1 atom stereocenters. The number of hydrogen-bond donors (Lipinski definition) is 1. The molecule has 0 saturated carbocycles. The smallest absolute Gasteiger partial charge is 0.306 e. The van der Waals surface area contributed by atoms with E-state index < -0.39 is 11.9 Å². The largest absolute Gasteiger partial charge is 0.493 e. The highest BCUT2D eigenvalue weighted by Crippen LogP contribution is 2.31. The van der Waals surface area contributed by atoms with Crippen molar-refractivity contribution in [1.82, 2.24) is 5.32 Å². The van der Waals surface area contributed by atoms with Crippen molar-refractivity contribution in [3.8, 4) is 11.5 Å². The molecule has 0 fully saturated rings. The highest BCUT2D eigenvalue weighted by atomic mass is 16.5. The van der Waals surface area contributed by atoms with Gasteiger partial charge in [0.15, 0.2) is 18.1 Å². The molecule has 1 amide bonds. The predicted octanol–water partition coefficient (Wildman–Crippen LogP) is 3.80. The number of carbonyl (C=O) groups excluding carboxylic acids is 2. The number of methoxy groups -OCH3 is 2. The summed E-state index contributed by atoms with van der Waals surface area (Å²) in [5, 5.41) is 3.74. The highest BCUT2D eigenvalue weighted by Gasteiger charge is 2.16. The second-order valence-corrected chi connectivity index (χ2v) is 6.79. The SMILES string of the molecule is COc1cccc(CCC(=O)OCC(=O)N[C@@H](C)c2cc3ccccc3o2)c1OC. The third-order valence-corrected chi connectivity index (χ3v) is 4.70. The number of aryl methyl sites for hydroxylation is 1. The molecule has 2 aromatic carbocycles. The molecule has 1 heterocycles. The van der Waals surface area contributed by atoms with Gasteiger partial charge in [-0.25, -0.2) is 0 Å². The maximum atomic E-state index is 12.1. The molecule has 30 heavy (non-hydrogen) atoms. The van der Waals surface area contributed by atoms with Crippen molar-refractivity contribution in [2.24, 2.45) is 0 Å². The van der Waals surface area contributed by atoms with Gasteiger partial charge in [0.25, 0.3) is 5.91 Å². The zero-order valence-electron chi connectivity index (χ0n) is 17.3. The standard InChI is InChI=1S/C23H25NO6/c1-15(20-13-17-7-4-5-9-18(17)30-20)24-21(25)14-29-22(26)12-11-16-8-6-10-19(27-2)23(16)28-3/h4-10,13,15H,11-12,14H2,1-3H3,(H,24,25)/t15-/m0/s1. The minimum atomic E-state index is -0.466. The van der Waals surface area contributed by atoms with Gasteiger partial charge >= 0.3 is 5.97 Å². The van der Waals surface area contributed by atoms with Crippen molar-refractivity contribution in [3.63, 3.8) is 0 Å². The average molecular weight is 411 g/mol. The predicted molar refractivity (Wildman–Crippen MR) is 112 cm³/mol. The third-order valence-electron chi connectivity index (χ3n) is 4.70. The van der Waals surface area contributed by atoms with E-state index >= 15 is 0 Å². The minimum Gasteiger partial charge on any atom is -0.493 e. The van der Waals surface area contributed by atoms with E-state index in [1.165, 1.54) is 0 Å². The van der Waals surface area contributed by atoms with Crippen LogP contribution in [0.1, 0.15) is 30.7 Å². The number of benzene rings is 2. The summed E-state index contributed by atoms with van der Waals surface area (Å²) in [6, 6.07) is 14.6. The number of carbonyl (C=O) groups is 2. The molecule has 0 radical (unpaired) electrons. The first kappa shape index (κ1) is 21.2. The lowest BCUT2D eigenvalue weighted by molar-refractivity contribution is -0.148. The number of esters is 1. The summed E-state index contributed by atoms with van der Waals surface area (Å²) in [7, 11) is 3.11. The van der Waals surface area contributed by atoms with Crippen LogP contribution >= 0.6 is 0 Å². The van der Waals surface area contributed by atoms with Crippen molar-refractivity contribution >= 4 is 22.8 Å². The van der Waals surface area contributed by atoms with Crippen molar-refractivity contribution in [1.29, 1.82) is 0 Å². The van der Waals surface area contributed by atoms with E-state index in [4.69, 9.17) is 18.6 Å². The Labute approximate surface area is 174 Å². The van der Waals surface area contributed by atoms with E-state index in [1.807, 2.05) is 49.4 Å². The second-order valence-electron chi connectivity index (χ2n) is 6.79. The Morgan fingerprint density at radius 1 is 1.07 bits per heavy atom. The maximum absolute atomic E-state index is 12.1. The van der Waals surface area contributed by atoms with Gasteiger partial charge in [0.05, 0.1) is 20.3 Å². The molecule has 7 nitrogen and oxygen atoms in total. The zero-order chi connectivity index (χ0) is 21.5. The zero-order valence-corrected chi connectivity index (χ0v) is 17.3. The molecule has 0 spiro atoms. The van der Waals surface area contributed by atoms with Crippen LogP contribution in [0.4, 0.5) is 0 Å². The molecular weight excluding hydrogens is 386 g/mol. The summed E-state index contributed by atoms with van der Waals surface area (Å²) in [4.78, 5) is 24.2. The number of para-hydroxylation sites is 2. The van der Waals surface area contributed by atoms with Crippen LogP contribution in [0.25, 0.3) is 11.0 Å². The summed E-state index contributed by atoms with van der Waals surface area (Å²) in [5.41, 5.74) is 1.59. The van der Waals surface area contributed by atoms with Gasteiger partial charge in [-0.2, -0.15) is 0 Å². The second kappa shape index (κ2) is 9.82. The maximum Gasteiger partial charge on any atom is 0.306 e. The molecule has 0 aliphatic carbocycles. The Morgan fingerprint density at radius 3 is 2.60 bits per heavy atom. The minimum absolute atomic E-state index is 0.121. The molecule has 0 unspecified atom stereocenters. The first-order valence-electron chi connectivity index (χ1n) is 9.65. The molecule has 7 heteroatoms. The molecule has 0 aliphatic rings. The topological polar surface area (TPSA) is 87.0 Å². The first-order valence-corrected chi connectivity index (χ1v) is 9.65. The molecule has 1 aromatic heterocycles. The van der Waals surface area contributed by atoms with Crippen LogP contribution in [-0.4, -0.2) is 32.7 Å².